The lowest BCUT2D eigenvalue weighted by molar-refractivity contribution is -0.130. The van der Waals surface area contributed by atoms with Gasteiger partial charge in [0.05, 0.1) is 11.0 Å². The Hall–Kier alpha value is -1.25. The van der Waals surface area contributed by atoms with Crippen molar-refractivity contribution in [3.8, 4) is 0 Å². The molecular weight excluding hydrogens is 376 g/mol. The third kappa shape index (κ3) is 5.14. The molecule has 1 atom stereocenters. The second-order valence-electron chi connectivity index (χ2n) is 7.07. The van der Waals surface area contributed by atoms with Crippen molar-refractivity contribution in [1.29, 1.82) is 0 Å². The number of likely N-dealkylation sites (tertiary alicyclic amines) is 1. The second-order valence-corrected chi connectivity index (χ2v) is 8.40. The minimum atomic E-state index is -0.323. The van der Waals surface area contributed by atoms with Gasteiger partial charge in [-0.3, -0.25) is 9.59 Å². The summed E-state index contributed by atoms with van der Waals surface area (Å²) in [5, 5.41) is 9.56. The second kappa shape index (κ2) is 9.10. The lowest BCUT2D eigenvalue weighted by Gasteiger charge is -2.39. The van der Waals surface area contributed by atoms with Gasteiger partial charge in [-0.15, -0.1) is 24.2 Å². The Morgan fingerprint density at radius 1 is 1.42 bits per heavy atom. The number of carbonyl (C=O) groups is 2. The number of hydrogen-bond donors (Lipinski definition) is 2. The zero-order chi connectivity index (χ0) is 17.9. The molecule has 1 spiro atoms. The van der Waals surface area contributed by atoms with Gasteiger partial charge in [0.25, 0.3) is 0 Å². The van der Waals surface area contributed by atoms with Gasteiger partial charge in [-0.05, 0) is 45.1 Å². The molecule has 26 heavy (non-hydrogen) atoms. The monoisotopic (exact) mass is 402 g/mol. The lowest BCUT2D eigenvalue weighted by atomic mass is 9.78. The van der Waals surface area contributed by atoms with Crippen LogP contribution in [0.3, 0.4) is 0 Å². The first-order valence-corrected chi connectivity index (χ1v) is 9.87. The van der Waals surface area contributed by atoms with E-state index in [1.54, 1.807) is 19.9 Å². The molecule has 1 aromatic rings. The zero-order valence-electron chi connectivity index (χ0n) is 15.2. The molecule has 2 saturated heterocycles. The highest BCUT2D eigenvalue weighted by molar-refractivity contribution is 8.01. The summed E-state index contributed by atoms with van der Waals surface area (Å²) in [7, 11) is 0. The molecule has 3 heterocycles. The van der Waals surface area contributed by atoms with E-state index in [0.29, 0.717) is 22.7 Å². The molecule has 9 heteroatoms. The van der Waals surface area contributed by atoms with Gasteiger partial charge in [0.2, 0.25) is 11.8 Å². The van der Waals surface area contributed by atoms with Crippen LogP contribution < -0.4 is 10.6 Å². The first kappa shape index (κ1) is 21.1. The number of nitrogens with zero attached hydrogens (tertiary/aromatic N) is 2. The van der Waals surface area contributed by atoms with Gasteiger partial charge >= 0.3 is 0 Å². The first-order valence-electron chi connectivity index (χ1n) is 8.82. The minimum absolute atomic E-state index is 0. The van der Waals surface area contributed by atoms with E-state index < -0.39 is 0 Å². The molecule has 146 valence electrons. The number of anilines is 1. The molecule has 0 aromatic carbocycles. The Labute approximate surface area is 164 Å². The number of nitrogens with one attached hydrogen (secondary N) is 2. The quantitative estimate of drug-likeness (QED) is 0.783. The fraction of sp³-hybridized carbons (Fsp3) is 0.706. The Bertz CT molecular complexity index is 623. The Balaban J connectivity index is 0.00000243. The fourth-order valence-electron chi connectivity index (χ4n) is 3.47. The standard InChI is InChI=1S/C17H26N4O3S.ClH/c1-12-9-14(20-24-12)19-16(23)13(2)25-10-15(22)21-7-4-17(5-8-21)3-6-18-11-17;/h9,13,18H,3-8,10-11H2,1-2H3,(H,19,20,23);1H. The molecule has 0 bridgehead atoms. The maximum absolute atomic E-state index is 12.4. The Kier molecular flexibility index (Phi) is 7.37. The fourth-order valence-corrected chi connectivity index (χ4v) is 4.25. The minimum Gasteiger partial charge on any atom is -0.360 e. The van der Waals surface area contributed by atoms with E-state index in [4.69, 9.17) is 4.52 Å². The molecule has 2 N–H and O–H groups in total. The predicted octanol–water partition coefficient (Wildman–Crippen LogP) is 2.07. The van der Waals surface area contributed by atoms with Crippen LogP contribution in [0.1, 0.15) is 31.9 Å². The van der Waals surface area contributed by atoms with E-state index in [1.807, 2.05) is 4.90 Å². The van der Waals surface area contributed by atoms with Gasteiger partial charge in [-0.2, -0.15) is 0 Å². The van der Waals surface area contributed by atoms with Gasteiger partial charge in [0.15, 0.2) is 5.82 Å². The number of carbonyl (C=O) groups excluding carboxylic acids is 2. The largest absolute Gasteiger partial charge is 0.360 e. The van der Waals surface area contributed by atoms with Gasteiger partial charge in [0.1, 0.15) is 5.76 Å². The van der Waals surface area contributed by atoms with E-state index >= 15 is 0 Å². The molecule has 3 rings (SSSR count). The summed E-state index contributed by atoms with van der Waals surface area (Å²) < 4.78 is 4.93. The summed E-state index contributed by atoms with van der Waals surface area (Å²) in [5.41, 5.74) is 0.410. The SMILES string of the molecule is Cc1cc(NC(=O)C(C)SCC(=O)N2CCC3(CCNC3)CC2)no1.Cl. The van der Waals surface area contributed by atoms with Crippen molar-refractivity contribution < 1.29 is 14.1 Å². The van der Waals surface area contributed by atoms with Crippen molar-refractivity contribution in [3.05, 3.63) is 11.8 Å². The van der Waals surface area contributed by atoms with Crippen molar-refractivity contribution in [2.45, 2.75) is 38.4 Å². The van der Waals surface area contributed by atoms with Gasteiger partial charge in [-0.25, -0.2) is 0 Å². The Morgan fingerprint density at radius 2 is 2.15 bits per heavy atom. The molecular formula is C17H27ClN4O3S. The third-order valence-corrected chi connectivity index (χ3v) is 6.34. The summed E-state index contributed by atoms with van der Waals surface area (Å²) in [6, 6.07) is 1.67. The molecule has 1 aromatic heterocycles. The number of hydrogen-bond acceptors (Lipinski definition) is 6. The Morgan fingerprint density at radius 3 is 2.73 bits per heavy atom. The summed E-state index contributed by atoms with van der Waals surface area (Å²) >= 11 is 1.36. The van der Waals surface area contributed by atoms with Crippen LogP contribution in [0.2, 0.25) is 0 Å². The number of rotatable bonds is 5. The molecule has 2 aliphatic heterocycles. The first-order chi connectivity index (χ1) is 12.0. The molecule has 0 aliphatic carbocycles. The normalized spacial score (nSPS) is 19.8. The topological polar surface area (TPSA) is 87.5 Å². The van der Waals surface area contributed by atoms with E-state index in [2.05, 4.69) is 15.8 Å². The van der Waals surface area contributed by atoms with Crippen molar-refractivity contribution in [2.75, 3.05) is 37.2 Å². The average molecular weight is 403 g/mol. The van der Waals surface area contributed by atoms with Gasteiger partial charge in [-0.1, -0.05) is 5.16 Å². The van der Waals surface area contributed by atoms with Crippen LogP contribution in [0.25, 0.3) is 0 Å². The predicted molar refractivity (Wildman–Crippen MR) is 105 cm³/mol. The molecule has 2 aliphatic rings. The van der Waals surface area contributed by atoms with Crippen LogP contribution >= 0.6 is 24.2 Å². The van der Waals surface area contributed by atoms with Crippen LogP contribution in [0.4, 0.5) is 5.82 Å². The summed E-state index contributed by atoms with van der Waals surface area (Å²) in [4.78, 5) is 26.5. The average Bonchev–Trinajstić information content (AvgIpc) is 3.22. The van der Waals surface area contributed by atoms with E-state index in [1.165, 1.54) is 18.2 Å². The van der Waals surface area contributed by atoms with E-state index in [0.717, 1.165) is 39.0 Å². The number of thioether (sulfide) groups is 1. The van der Waals surface area contributed by atoms with Crippen molar-refractivity contribution >= 4 is 41.8 Å². The third-order valence-electron chi connectivity index (χ3n) is 5.21. The molecule has 0 saturated carbocycles. The summed E-state index contributed by atoms with van der Waals surface area (Å²) in [6.45, 7) is 7.42. The molecule has 2 amide bonds. The van der Waals surface area contributed by atoms with Crippen molar-refractivity contribution in [2.24, 2.45) is 5.41 Å². The van der Waals surface area contributed by atoms with Crippen LogP contribution in [-0.4, -0.2) is 59.1 Å². The molecule has 1 unspecified atom stereocenters. The maximum atomic E-state index is 12.4. The van der Waals surface area contributed by atoms with E-state index in [-0.39, 0.29) is 29.5 Å². The smallest absolute Gasteiger partial charge is 0.238 e. The van der Waals surface area contributed by atoms with Crippen LogP contribution in [0.5, 0.6) is 0 Å². The van der Waals surface area contributed by atoms with Gasteiger partial charge < -0.3 is 20.1 Å². The molecule has 0 radical (unpaired) electrons. The van der Waals surface area contributed by atoms with Crippen LogP contribution in [0, 0.1) is 12.3 Å². The highest BCUT2D eigenvalue weighted by Gasteiger charge is 2.38. The van der Waals surface area contributed by atoms with Gasteiger partial charge in [0, 0.05) is 25.7 Å². The van der Waals surface area contributed by atoms with Crippen LogP contribution in [0.15, 0.2) is 10.6 Å². The molecule has 7 nitrogen and oxygen atoms in total. The van der Waals surface area contributed by atoms with Crippen molar-refractivity contribution in [3.63, 3.8) is 0 Å². The number of halogens is 1. The number of aryl methyl sites for hydroxylation is 1. The summed E-state index contributed by atoms with van der Waals surface area (Å²) in [6.07, 6.45) is 3.39. The highest BCUT2D eigenvalue weighted by atomic mass is 35.5. The van der Waals surface area contributed by atoms with E-state index in [9.17, 15) is 9.59 Å². The van der Waals surface area contributed by atoms with Crippen LogP contribution in [-0.2, 0) is 9.59 Å². The number of piperidine rings is 1. The highest BCUT2D eigenvalue weighted by Crippen LogP contribution is 2.37. The maximum Gasteiger partial charge on any atom is 0.238 e. The zero-order valence-corrected chi connectivity index (χ0v) is 16.9. The summed E-state index contributed by atoms with van der Waals surface area (Å²) in [5.74, 6) is 1.35. The van der Waals surface area contributed by atoms with Crippen molar-refractivity contribution in [1.82, 2.24) is 15.4 Å². The number of amides is 2. The molecule has 2 fully saturated rings. The number of aromatic nitrogens is 1. The lowest BCUT2D eigenvalue weighted by Crippen LogP contribution is -2.44.